The zero-order valence-corrected chi connectivity index (χ0v) is 14.4. The Morgan fingerprint density at radius 3 is 2.30 bits per heavy atom. The Kier molecular flexibility index (Phi) is 5.93. The summed E-state index contributed by atoms with van der Waals surface area (Å²) in [5.74, 6) is -0.784. The molecule has 0 radical (unpaired) electrons. The molecule has 0 aliphatic rings. The molecule has 0 aliphatic carbocycles. The molecule has 0 spiro atoms. The molecule has 1 heterocycles. The predicted octanol–water partition coefficient (Wildman–Crippen LogP) is 4.34. The number of rotatable bonds is 5. The van der Waals surface area contributed by atoms with Gasteiger partial charge in [-0.3, -0.25) is 9.59 Å². The van der Waals surface area contributed by atoms with E-state index in [-0.39, 0.29) is 17.5 Å². The molecule has 5 nitrogen and oxygen atoms in total. The number of para-hydroxylation sites is 1. The molecule has 1 N–H and O–H groups in total. The number of likely N-dealkylation sites (N-methyl/N-ethyl adjacent to an activating group) is 1. The van der Waals surface area contributed by atoms with Crippen LogP contribution in [0.4, 0.5) is 5.69 Å². The van der Waals surface area contributed by atoms with Crippen molar-refractivity contribution in [2.45, 2.75) is 6.92 Å². The molecule has 1 aromatic heterocycles. The van der Waals surface area contributed by atoms with Gasteiger partial charge in [-0.15, -0.1) is 0 Å². The molecule has 0 atom stereocenters. The Morgan fingerprint density at radius 1 is 1.13 bits per heavy atom. The van der Waals surface area contributed by atoms with Gasteiger partial charge >= 0.3 is 0 Å². The van der Waals surface area contributed by atoms with E-state index in [0.29, 0.717) is 22.3 Å². The van der Waals surface area contributed by atoms with Gasteiger partial charge in [0, 0.05) is 6.54 Å². The second-order valence-corrected chi connectivity index (χ2v) is 5.75. The van der Waals surface area contributed by atoms with E-state index in [1.165, 1.54) is 17.0 Å². The molecule has 2 rings (SSSR count). The highest BCUT2D eigenvalue weighted by atomic mass is 35.5. The fourth-order valence-electron chi connectivity index (χ4n) is 1.88. The van der Waals surface area contributed by atoms with E-state index >= 15 is 0 Å². The van der Waals surface area contributed by atoms with Crippen LogP contribution in [0.1, 0.15) is 17.5 Å². The van der Waals surface area contributed by atoms with Gasteiger partial charge in [0.25, 0.3) is 5.91 Å². The average Bonchev–Trinajstić information content (AvgIpc) is 2.94. The van der Waals surface area contributed by atoms with Crippen molar-refractivity contribution >= 4 is 52.3 Å². The number of anilines is 1. The summed E-state index contributed by atoms with van der Waals surface area (Å²) in [5.41, 5.74) is 0.311. The minimum absolute atomic E-state index is 0.0698. The molecular formula is C15H13Cl3N2O3. The fourth-order valence-corrected chi connectivity index (χ4v) is 2.52. The Bertz CT molecular complexity index is 710. The van der Waals surface area contributed by atoms with Gasteiger partial charge in [-0.25, -0.2) is 0 Å². The third kappa shape index (κ3) is 4.41. The SMILES string of the molecule is CCN(CC(=O)Nc1c(Cl)cccc1Cl)C(=O)c1ccc(Cl)o1. The molecule has 0 fully saturated rings. The lowest BCUT2D eigenvalue weighted by atomic mass is 10.3. The van der Waals surface area contributed by atoms with E-state index in [0.717, 1.165) is 0 Å². The first-order chi connectivity index (χ1) is 10.9. The molecule has 1 aromatic carbocycles. The molecule has 122 valence electrons. The van der Waals surface area contributed by atoms with Crippen LogP contribution in [0.3, 0.4) is 0 Å². The molecule has 8 heteroatoms. The highest BCUT2D eigenvalue weighted by molar-refractivity contribution is 6.39. The lowest BCUT2D eigenvalue weighted by molar-refractivity contribution is -0.116. The van der Waals surface area contributed by atoms with Crippen molar-refractivity contribution in [2.24, 2.45) is 0 Å². The average molecular weight is 376 g/mol. The molecule has 0 aliphatic heterocycles. The third-order valence-corrected chi connectivity index (χ3v) is 3.85. The van der Waals surface area contributed by atoms with Crippen LogP contribution in [0, 0.1) is 0 Å². The minimum Gasteiger partial charge on any atom is -0.440 e. The van der Waals surface area contributed by atoms with E-state index in [2.05, 4.69) is 5.32 Å². The van der Waals surface area contributed by atoms with Gasteiger partial charge in [-0.1, -0.05) is 29.3 Å². The topological polar surface area (TPSA) is 62.6 Å². The molecule has 0 unspecified atom stereocenters. The van der Waals surface area contributed by atoms with Crippen LogP contribution in [0.25, 0.3) is 0 Å². The van der Waals surface area contributed by atoms with Crippen LogP contribution in [0.15, 0.2) is 34.7 Å². The first-order valence-electron chi connectivity index (χ1n) is 6.70. The smallest absolute Gasteiger partial charge is 0.290 e. The van der Waals surface area contributed by atoms with Crippen LogP contribution < -0.4 is 5.32 Å². The molecule has 23 heavy (non-hydrogen) atoms. The summed E-state index contributed by atoms with van der Waals surface area (Å²) in [4.78, 5) is 25.7. The van der Waals surface area contributed by atoms with Crippen LogP contribution in [0.5, 0.6) is 0 Å². The summed E-state index contributed by atoms with van der Waals surface area (Å²) in [5, 5.41) is 3.34. The first-order valence-corrected chi connectivity index (χ1v) is 7.84. The number of halogens is 3. The summed E-state index contributed by atoms with van der Waals surface area (Å²) in [7, 11) is 0. The number of benzene rings is 1. The lowest BCUT2D eigenvalue weighted by Crippen LogP contribution is -2.37. The highest BCUT2D eigenvalue weighted by Crippen LogP contribution is 2.29. The number of hydrogen-bond acceptors (Lipinski definition) is 3. The van der Waals surface area contributed by atoms with Gasteiger partial charge < -0.3 is 14.6 Å². The maximum atomic E-state index is 12.3. The summed E-state index contributed by atoms with van der Waals surface area (Å²) >= 11 is 17.6. The number of furan rings is 1. The summed E-state index contributed by atoms with van der Waals surface area (Å²) in [6.45, 7) is 1.90. The van der Waals surface area contributed by atoms with Crippen molar-refractivity contribution in [1.82, 2.24) is 4.90 Å². The number of nitrogens with zero attached hydrogens (tertiary/aromatic N) is 1. The van der Waals surface area contributed by atoms with Crippen molar-refractivity contribution in [3.8, 4) is 0 Å². The maximum Gasteiger partial charge on any atom is 0.290 e. The second-order valence-electron chi connectivity index (χ2n) is 4.57. The zero-order valence-electron chi connectivity index (χ0n) is 12.1. The quantitative estimate of drug-likeness (QED) is 0.845. The predicted molar refractivity (Wildman–Crippen MR) is 90.4 cm³/mol. The largest absolute Gasteiger partial charge is 0.440 e. The zero-order chi connectivity index (χ0) is 17.0. The minimum atomic E-state index is -0.431. The van der Waals surface area contributed by atoms with Crippen LogP contribution in [0.2, 0.25) is 15.3 Å². The van der Waals surface area contributed by atoms with E-state index in [9.17, 15) is 9.59 Å². The molecule has 0 saturated heterocycles. The van der Waals surface area contributed by atoms with Crippen molar-refractivity contribution < 1.29 is 14.0 Å². The summed E-state index contributed by atoms with van der Waals surface area (Å²) in [6, 6.07) is 7.80. The van der Waals surface area contributed by atoms with Gasteiger partial charge in [0.2, 0.25) is 5.91 Å². The van der Waals surface area contributed by atoms with E-state index in [4.69, 9.17) is 39.2 Å². The van der Waals surface area contributed by atoms with Crippen molar-refractivity contribution in [3.63, 3.8) is 0 Å². The van der Waals surface area contributed by atoms with Gasteiger partial charge in [-0.2, -0.15) is 0 Å². The monoisotopic (exact) mass is 374 g/mol. The molecule has 2 amide bonds. The molecule has 0 bridgehead atoms. The third-order valence-electron chi connectivity index (χ3n) is 3.01. The van der Waals surface area contributed by atoms with Crippen LogP contribution in [-0.4, -0.2) is 29.8 Å². The Morgan fingerprint density at radius 2 is 1.78 bits per heavy atom. The van der Waals surface area contributed by atoms with Crippen molar-refractivity contribution in [3.05, 3.63) is 51.4 Å². The van der Waals surface area contributed by atoms with E-state index in [1.807, 2.05) is 0 Å². The first kappa shape index (κ1) is 17.7. The van der Waals surface area contributed by atoms with Crippen LogP contribution >= 0.6 is 34.8 Å². The lowest BCUT2D eigenvalue weighted by Gasteiger charge is -2.19. The number of amides is 2. The highest BCUT2D eigenvalue weighted by Gasteiger charge is 2.21. The maximum absolute atomic E-state index is 12.3. The number of carbonyl (C=O) groups is 2. The van der Waals surface area contributed by atoms with E-state index < -0.39 is 11.8 Å². The van der Waals surface area contributed by atoms with Gasteiger partial charge in [0.1, 0.15) is 6.54 Å². The number of hydrogen-bond donors (Lipinski definition) is 1. The van der Waals surface area contributed by atoms with E-state index in [1.54, 1.807) is 25.1 Å². The van der Waals surface area contributed by atoms with Gasteiger partial charge in [0.15, 0.2) is 11.0 Å². The molecular weight excluding hydrogens is 363 g/mol. The van der Waals surface area contributed by atoms with Crippen molar-refractivity contribution in [2.75, 3.05) is 18.4 Å². The molecule has 0 saturated carbocycles. The fraction of sp³-hybridized carbons (Fsp3) is 0.200. The Labute approximate surface area is 148 Å². The normalized spacial score (nSPS) is 10.4. The number of carbonyl (C=O) groups excluding carboxylic acids is 2. The molecule has 2 aromatic rings. The van der Waals surface area contributed by atoms with Gasteiger partial charge in [0.05, 0.1) is 15.7 Å². The van der Waals surface area contributed by atoms with Crippen molar-refractivity contribution in [1.29, 1.82) is 0 Å². The number of nitrogens with one attached hydrogen (secondary N) is 1. The Hall–Kier alpha value is -1.69. The van der Waals surface area contributed by atoms with Gasteiger partial charge in [-0.05, 0) is 42.8 Å². The standard InChI is InChI=1S/C15H13Cl3N2O3/c1-2-20(15(22)11-6-7-12(18)23-11)8-13(21)19-14-9(16)4-3-5-10(14)17/h3-7H,2,8H2,1H3,(H,19,21). The summed E-state index contributed by atoms with van der Waals surface area (Å²) < 4.78 is 5.07. The van der Waals surface area contributed by atoms with Crippen LogP contribution in [-0.2, 0) is 4.79 Å². The second kappa shape index (κ2) is 7.73. The Balaban J connectivity index is 2.07. The summed E-state index contributed by atoms with van der Waals surface area (Å²) in [6.07, 6.45) is 0.